The lowest BCUT2D eigenvalue weighted by atomic mass is 9.85. The van der Waals surface area contributed by atoms with Gasteiger partial charge in [0.1, 0.15) is 0 Å². The van der Waals surface area contributed by atoms with Gasteiger partial charge < -0.3 is 10.6 Å². The zero-order chi connectivity index (χ0) is 18.1. The number of nitrogens with zero attached hydrogens (tertiary/aromatic N) is 2. The first-order valence-corrected chi connectivity index (χ1v) is 10.2. The van der Waals surface area contributed by atoms with Crippen LogP contribution in [0.5, 0.6) is 0 Å². The number of imide groups is 1. The van der Waals surface area contributed by atoms with Gasteiger partial charge in [-0.25, -0.2) is 0 Å². The lowest BCUT2D eigenvalue weighted by molar-refractivity contribution is -0.140. The van der Waals surface area contributed by atoms with Crippen LogP contribution in [0.3, 0.4) is 0 Å². The molecule has 2 N–H and O–H groups in total. The Bertz CT molecular complexity index is 601. The van der Waals surface area contributed by atoms with E-state index in [1.54, 1.807) is 0 Å². The van der Waals surface area contributed by atoms with Gasteiger partial charge in [0, 0.05) is 26.2 Å². The minimum Gasteiger partial charge on any atom is -0.357 e. The fourth-order valence-electron chi connectivity index (χ4n) is 4.79. The molecule has 2 bridgehead atoms. The van der Waals surface area contributed by atoms with Crippen molar-refractivity contribution in [1.82, 2.24) is 15.5 Å². The fourth-order valence-corrected chi connectivity index (χ4v) is 4.79. The Morgan fingerprint density at radius 3 is 2.41 bits per heavy atom. The predicted molar refractivity (Wildman–Crippen MR) is 116 cm³/mol. The largest absolute Gasteiger partial charge is 0.357 e. The quantitative estimate of drug-likeness (QED) is 0.138. The van der Waals surface area contributed by atoms with Crippen LogP contribution in [0.25, 0.3) is 0 Å². The van der Waals surface area contributed by atoms with E-state index in [0.717, 1.165) is 37.8 Å². The van der Waals surface area contributed by atoms with E-state index in [-0.39, 0.29) is 59.5 Å². The number of likely N-dealkylation sites (tertiary alicyclic amines) is 1. The van der Waals surface area contributed by atoms with Crippen molar-refractivity contribution in [2.75, 3.05) is 26.2 Å². The number of nitrogens with one attached hydrogen (secondary N) is 2. The fraction of sp³-hybridized carbons (Fsp3) is 0.750. The second kappa shape index (κ2) is 8.92. The van der Waals surface area contributed by atoms with Gasteiger partial charge in [0.25, 0.3) is 0 Å². The average Bonchev–Trinajstić information content (AvgIpc) is 3.13. The van der Waals surface area contributed by atoms with Crippen LogP contribution < -0.4 is 10.6 Å². The van der Waals surface area contributed by atoms with Gasteiger partial charge in [0.05, 0.1) is 11.8 Å². The van der Waals surface area contributed by atoms with Gasteiger partial charge in [-0.1, -0.05) is 25.0 Å². The maximum atomic E-state index is 12.7. The first-order chi connectivity index (χ1) is 12.7. The van der Waals surface area contributed by atoms with E-state index in [9.17, 15) is 9.59 Å². The Kier molecular flexibility index (Phi) is 6.81. The molecule has 0 aromatic carbocycles. The molecule has 3 fully saturated rings. The summed E-state index contributed by atoms with van der Waals surface area (Å²) in [5.74, 6) is 2.16. The number of aliphatic imine (C=N–C) groups is 1. The molecule has 4 atom stereocenters. The topological polar surface area (TPSA) is 73.8 Å². The van der Waals surface area contributed by atoms with Crippen LogP contribution in [-0.2, 0) is 9.59 Å². The van der Waals surface area contributed by atoms with E-state index in [1.807, 2.05) is 6.92 Å². The van der Waals surface area contributed by atoms with Crippen LogP contribution in [0.15, 0.2) is 17.1 Å². The first kappa shape index (κ1) is 20.6. The Morgan fingerprint density at radius 2 is 1.81 bits per heavy atom. The highest BCUT2D eigenvalue weighted by atomic mass is 127. The summed E-state index contributed by atoms with van der Waals surface area (Å²) in [6.07, 6.45) is 10.4. The van der Waals surface area contributed by atoms with Crippen molar-refractivity contribution in [3.8, 4) is 0 Å². The average molecular weight is 486 g/mol. The SMILES string of the molecule is CCNC(=NCCCC1CC1)NCCN1C(=O)C2C3C=CC(C3)C2C1=O.I. The molecule has 2 saturated carbocycles. The van der Waals surface area contributed by atoms with Gasteiger partial charge in [0.2, 0.25) is 11.8 Å². The van der Waals surface area contributed by atoms with Gasteiger partial charge in [-0.2, -0.15) is 0 Å². The summed E-state index contributed by atoms with van der Waals surface area (Å²) in [5.41, 5.74) is 0. The standard InChI is InChI=1S/C20H30N4O2.HI/c1-2-21-20(22-9-3-4-13-5-6-13)23-10-11-24-18(25)16-14-7-8-15(12-14)17(16)19(24)26;/h7-8,13-17H,2-6,9-12H2,1H3,(H2,21,22,23);1H. The summed E-state index contributed by atoms with van der Waals surface area (Å²) in [5, 5.41) is 6.51. The zero-order valence-corrected chi connectivity index (χ0v) is 18.4. The van der Waals surface area contributed by atoms with E-state index >= 15 is 0 Å². The lowest BCUT2D eigenvalue weighted by Crippen LogP contribution is -2.43. The van der Waals surface area contributed by atoms with Crippen molar-refractivity contribution in [2.24, 2.45) is 34.6 Å². The normalized spacial score (nSPS) is 31.3. The summed E-state index contributed by atoms with van der Waals surface area (Å²) >= 11 is 0. The van der Waals surface area contributed by atoms with Crippen LogP contribution in [0.1, 0.15) is 39.0 Å². The molecular weight excluding hydrogens is 455 g/mol. The van der Waals surface area contributed by atoms with Crippen LogP contribution in [0.2, 0.25) is 0 Å². The van der Waals surface area contributed by atoms with Crippen LogP contribution >= 0.6 is 24.0 Å². The third-order valence-electron chi connectivity index (χ3n) is 6.27. The molecule has 150 valence electrons. The maximum Gasteiger partial charge on any atom is 0.233 e. The Hall–Kier alpha value is -1.12. The summed E-state index contributed by atoms with van der Waals surface area (Å²) in [6.45, 7) is 4.64. The molecule has 27 heavy (non-hydrogen) atoms. The van der Waals surface area contributed by atoms with Crippen molar-refractivity contribution >= 4 is 41.8 Å². The molecule has 0 spiro atoms. The molecule has 2 amide bonds. The number of carbonyl (C=O) groups excluding carboxylic acids is 2. The molecule has 7 heteroatoms. The maximum absolute atomic E-state index is 12.7. The van der Waals surface area contributed by atoms with E-state index in [1.165, 1.54) is 24.2 Å². The molecule has 1 heterocycles. The van der Waals surface area contributed by atoms with Crippen molar-refractivity contribution < 1.29 is 9.59 Å². The Labute approximate surface area is 178 Å². The third-order valence-corrected chi connectivity index (χ3v) is 6.27. The molecule has 6 nitrogen and oxygen atoms in total. The van der Waals surface area contributed by atoms with Crippen LogP contribution in [0.4, 0.5) is 0 Å². The number of rotatable bonds is 8. The van der Waals surface area contributed by atoms with Gasteiger partial charge in [-0.05, 0) is 43.9 Å². The number of hydrogen-bond donors (Lipinski definition) is 2. The minimum atomic E-state index is -0.0955. The predicted octanol–water partition coefficient (Wildman–Crippen LogP) is 2.16. The van der Waals surface area contributed by atoms with E-state index in [0.29, 0.717) is 13.1 Å². The molecular formula is C20H31IN4O2. The lowest BCUT2D eigenvalue weighted by Gasteiger charge is -2.18. The molecule has 0 aromatic heterocycles. The summed E-state index contributed by atoms with van der Waals surface area (Å²) in [4.78, 5) is 31.4. The zero-order valence-electron chi connectivity index (χ0n) is 16.0. The van der Waals surface area contributed by atoms with Crippen molar-refractivity contribution in [2.45, 2.75) is 39.0 Å². The van der Waals surface area contributed by atoms with Crippen LogP contribution in [0, 0.1) is 29.6 Å². The number of guanidine groups is 1. The summed E-state index contributed by atoms with van der Waals surface area (Å²) < 4.78 is 0. The van der Waals surface area contributed by atoms with Gasteiger partial charge in [-0.3, -0.25) is 19.5 Å². The smallest absolute Gasteiger partial charge is 0.233 e. The highest BCUT2D eigenvalue weighted by Crippen LogP contribution is 2.52. The molecule has 1 aliphatic heterocycles. The van der Waals surface area contributed by atoms with E-state index < -0.39 is 0 Å². The van der Waals surface area contributed by atoms with E-state index in [4.69, 9.17) is 0 Å². The third kappa shape index (κ3) is 4.32. The van der Waals surface area contributed by atoms with Crippen molar-refractivity contribution in [3.63, 3.8) is 0 Å². The molecule has 0 aromatic rings. The molecule has 0 radical (unpaired) electrons. The Balaban J connectivity index is 0.00000210. The van der Waals surface area contributed by atoms with Gasteiger partial charge in [0.15, 0.2) is 5.96 Å². The van der Waals surface area contributed by atoms with Crippen molar-refractivity contribution in [3.05, 3.63) is 12.2 Å². The van der Waals surface area contributed by atoms with E-state index in [2.05, 4.69) is 27.8 Å². The number of carbonyl (C=O) groups is 2. The minimum absolute atomic E-state index is 0. The summed E-state index contributed by atoms with van der Waals surface area (Å²) in [7, 11) is 0. The highest BCUT2D eigenvalue weighted by molar-refractivity contribution is 14.0. The number of allylic oxidation sites excluding steroid dienone is 2. The first-order valence-electron chi connectivity index (χ1n) is 10.2. The highest BCUT2D eigenvalue weighted by Gasteiger charge is 2.58. The molecule has 1 saturated heterocycles. The second-order valence-electron chi connectivity index (χ2n) is 8.10. The van der Waals surface area contributed by atoms with Gasteiger partial charge in [-0.15, -0.1) is 24.0 Å². The molecule has 3 aliphatic carbocycles. The van der Waals surface area contributed by atoms with Crippen LogP contribution in [-0.4, -0.2) is 48.9 Å². The molecule has 4 unspecified atom stereocenters. The number of halogens is 1. The molecule has 4 aliphatic rings. The second-order valence-corrected chi connectivity index (χ2v) is 8.10. The van der Waals surface area contributed by atoms with Gasteiger partial charge >= 0.3 is 0 Å². The number of fused-ring (bicyclic) bond motifs is 5. The summed E-state index contributed by atoms with van der Waals surface area (Å²) in [6, 6.07) is 0. The van der Waals surface area contributed by atoms with Crippen molar-refractivity contribution in [1.29, 1.82) is 0 Å². The monoisotopic (exact) mass is 486 g/mol. The molecule has 4 rings (SSSR count). The number of hydrogen-bond acceptors (Lipinski definition) is 3. The number of amides is 2. The Morgan fingerprint density at radius 1 is 1.15 bits per heavy atom.